The Morgan fingerprint density at radius 3 is 2.52 bits per heavy atom. The standard InChI is InChI=1S/C25H28N4OS/c1-30-20-14-12-18(13-15-20)28-17-7-11-22(28)24-23(21-10-5-6-16-26-21)27-25(31)29(24)19-8-3-2-4-9-19/h5-7,10-17,19,23-24H,2-4,8-9H2,1H3,(H,27,31)/t23-,24+/m1/s1. The van der Waals surface area contributed by atoms with Crippen LogP contribution in [-0.2, 0) is 0 Å². The smallest absolute Gasteiger partial charge is 0.170 e. The van der Waals surface area contributed by atoms with E-state index in [2.05, 4.69) is 62.4 Å². The van der Waals surface area contributed by atoms with E-state index in [1.54, 1.807) is 7.11 Å². The van der Waals surface area contributed by atoms with E-state index in [4.69, 9.17) is 17.0 Å². The van der Waals surface area contributed by atoms with Crippen molar-refractivity contribution in [2.24, 2.45) is 0 Å². The van der Waals surface area contributed by atoms with Crippen molar-refractivity contribution in [1.29, 1.82) is 0 Å². The monoisotopic (exact) mass is 432 g/mol. The molecule has 1 aromatic carbocycles. The number of benzene rings is 1. The lowest BCUT2D eigenvalue weighted by atomic mass is 9.92. The summed E-state index contributed by atoms with van der Waals surface area (Å²) in [6, 6.07) is 19.2. The molecular formula is C25H28N4OS. The summed E-state index contributed by atoms with van der Waals surface area (Å²) >= 11 is 5.90. The third kappa shape index (κ3) is 3.81. The van der Waals surface area contributed by atoms with Crippen molar-refractivity contribution in [1.82, 2.24) is 19.8 Å². The maximum atomic E-state index is 5.90. The van der Waals surface area contributed by atoms with Gasteiger partial charge in [0.15, 0.2) is 5.11 Å². The number of nitrogens with zero attached hydrogens (tertiary/aromatic N) is 3. The van der Waals surface area contributed by atoms with E-state index in [-0.39, 0.29) is 12.1 Å². The van der Waals surface area contributed by atoms with Gasteiger partial charge in [-0.25, -0.2) is 0 Å². The van der Waals surface area contributed by atoms with Crippen molar-refractivity contribution >= 4 is 17.3 Å². The minimum absolute atomic E-state index is 0.0162. The van der Waals surface area contributed by atoms with Gasteiger partial charge in [0.1, 0.15) is 5.75 Å². The zero-order chi connectivity index (χ0) is 21.2. The lowest BCUT2D eigenvalue weighted by Gasteiger charge is -2.37. The molecule has 2 aromatic heterocycles. The summed E-state index contributed by atoms with van der Waals surface area (Å²) < 4.78 is 7.62. The number of hydrogen-bond acceptors (Lipinski definition) is 3. The fourth-order valence-corrected chi connectivity index (χ4v) is 5.44. The number of hydrogen-bond donors (Lipinski definition) is 1. The first kappa shape index (κ1) is 20.1. The van der Waals surface area contributed by atoms with E-state index >= 15 is 0 Å². The molecule has 1 N–H and O–H groups in total. The highest BCUT2D eigenvalue weighted by Crippen LogP contribution is 2.43. The van der Waals surface area contributed by atoms with E-state index in [9.17, 15) is 0 Å². The van der Waals surface area contributed by atoms with Gasteiger partial charge >= 0.3 is 0 Å². The second-order valence-corrected chi connectivity index (χ2v) is 8.71. The molecule has 0 amide bonds. The second-order valence-electron chi connectivity index (χ2n) is 8.33. The van der Waals surface area contributed by atoms with Crippen LogP contribution in [0, 0.1) is 0 Å². The molecule has 3 heterocycles. The van der Waals surface area contributed by atoms with Gasteiger partial charge in [0.25, 0.3) is 0 Å². The predicted octanol–water partition coefficient (Wildman–Crippen LogP) is 5.19. The number of rotatable bonds is 5. The van der Waals surface area contributed by atoms with Crippen LogP contribution in [0.1, 0.15) is 55.6 Å². The van der Waals surface area contributed by atoms with E-state index in [1.165, 1.54) is 37.8 Å². The zero-order valence-corrected chi connectivity index (χ0v) is 18.6. The summed E-state index contributed by atoms with van der Waals surface area (Å²) in [5.74, 6) is 0.858. The highest BCUT2D eigenvalue weighted by molar-refractivity contribution is 7.80. The molecule has 2 atom stereocenters. The van der Waals surface area contributed by atoms with E-state index < -0.39 is 0 Å². The summed E-state index contributed by atoms with van der Waals surface area (Å²) in [6.45, 7) is 0. The number of methoxy groups -OCH3 is 1. The van der Waals surface area contributed by atoms with Crippen LogP contribution in [0.15, 0.2) is 67.0 Å². The van der Waals surface area contributed by atoms with E-state index in [1.807, 2.05) is 24.4 Å². The number of thiocarbonyl (C=S) groups is 1. The largest absolute Gasteiger partial charge is 0.497 e. The Morgan fingerprint density at radius 1 is 1.00 bits per heavy atom. The summed E-state index contributed by atoms with van der Waals surface area (Å²) in [4.78, 5) is 7.15. The van der Waals surface area contributed by atoms with Gasteiger partial charge in [-0.3, -0.25) is 4.98 Å². The Hall–Kier alpha value is -2.86. The van der Waals surface area contributed by atoms with Crippen LogP contribution < -0.4 is 10.1 Å². The highest BCUT2D eigenvalue weighted by atomic mass is 32.1. The Kier molecular flexibility index (Phi) is 5.64. The van der Waals surface area contributed by atoms with Gasteiger partial charge in [0.05, 0.1) is 24.9 Å². The third-order valence-corrected chi connectivity index (χ3v) is 6.87. The van der Waals surface area contributed by atoms with Crippen LogP contribution in [0.3, 0.4) is 0 Å². The summed E-state index contributed by atoms with van der Waals surface area (Å²) in [7, 11) is 1.70. The molecule has 2 aliphatic rings. The number of pyridine rings is 1. The van der Waals surface area contributed by atoms with Crippen LogP contribution >= 0.6 is 12.2 Å². The Bertz CT molecular complexity index is 1030. The molecule has 6 heteroatoms. The van der Waals surface area contributed by atoms with Crippen LogP contribution in [-0.4, -0.2) is 32.7 Å². The average Bonchev–Trinajstić information content (AvgIpc) is 3.44. The van der Waals surface area contributed by atoms with Gasteiger partial charge in [0, 0.05) is 29.8 Å². The van der Waals surface area contributed by atoms with Gasteiger partial charge in [-0.1, -0.05) is 25.3 Å². The van der Waals surface area contributed by atoms with Crippen LogP contribution in [0.4, 0.5) is 0 Å². The Labute approximate surface area is 189 Å². The normalized spacial score (nSPS) is 21.8. The van der Waals surface area contributed by atoms with Crippen molar-refractivity contribution in [2.75, 3.05) is 7.11 Å². The molecule has 0 unspecified atom stereocenters. The molecule has 31 heavy (non-hydrogen) atoms. The fraction of sp³-hybridized carbons (Fsp3) is 0.360. The fourth-order valence-electron chi connectivity index (χ4n) is 5.05. The van der Waals surface area contributed by atoms with Gasteiger partial charge in [-0.15, -0.1) is 0 Å². The SMILES string of the molecule is COc1ccc(-n2cccc2[C@H]2[C@@H](c3ccccn3)NC(=S)N2C2CCCCC2)cc1. The molecule has 1 aliphatic heterocycles. The Morgan fingerprint density at radius 2 is 1.81 bits per heavy atom. The van der Waals surface area contributed by atoms with Crippen molar-refractivity contribution < 1.29 is 4.74 Å². The molecule has 160 valence electrons. The zero-order valence-electron chi connectivity index (χ0n) is 17.8. The molecule has 1 saturated carbocycles. The molecule has 5 nitrogen and oxygen atoms in total. The number of aromatic nitrogens is 2. The van der Waals surface area contributed by atoms with Crippen molar-refractivity contribution in [3.63, 3.8) is 0 Å². The van der Waals surface area contributed by atoms with Gasteiger partial charge in [0.2, 0.25) is 0 Å². The topological polar surface area (TPSA) is 42.3 Å². The van der Waals surface area contributed by atoms with Crippen molar-refractivity contribution in [2.45, 2.75) is 50.2 Å². The summed E-state index contributed by atoms with van der Waals surface area (Å²) in [5.41, 5.74) is 3.36. The van der Waals surface area contributed by atoms with Gasteiger partial charge in [-0.05, 0) is 73.6 Å². The molecule has 2 fully saturated rings. The van der Waals surface area contributed by atoms with Crippen molar-refractivity contribution in [3.05, 3.63) is 78.4 Å². The number of ether oxygens (including phenoxy) is 1. The van der Waals surface area contributed by atoms with E-state index in [0.29, 0.717) is 6.04 Å². The van der Waals surface area contributed by atoms with Crippen molar-refractivity contribution in [3.8, 4) is 11.4 Å². The molecule has 1 aliphatic carbocycles. The first-order valence-electron chi connectivity index (χ1n) is 11.1. The first-order valence-corrected chi connectivity index (χ1v) is 11.5. The lowest BCUT2D eigenvalue weighted by molar-refractivity contribution is 0.193. The second kappa shape index (κ2) is 8.71. The lowest BCUT2D eigenvalue weighted by Crippen LogP contribution is -2.40. The van der Waals surface area contributed by atoms with Crippen LogP contribution in [0.25, 0.3) is 5.69 Å². The maximum absolute atomic E-state index is 5.90. The molecular weight excluding hydrogens is 404 g/mol. The molecule has 0 spiro atoms. The molecule has 0 bridgehead atoms. The van der Waals surface area contributed by atoms with Gasteiger partial charge < -0.3 is 19.5 Å². The highest BCUT2D eigenvalue weighted by Gasteiger charge is 2.44. The molecule has 0 radical (unpaired) electrons. The Balaban J connectivity index is 1.58. The first-order chi connectivity index (χ1) is 15.3. The average molecular weight is 433 g/mol. The molecule has 1 saturated heterocycles. The van der Waals surface area contributed by atoms with Crippen LogP contribution in [0.5, 0.6) is 5.75 Å². The summed E-state index contributed by atoms with van der Waals surface area (Å²) in [5, 5.41) is 4.46. The minimum atomic E-state index is 0.0162. The minimum Gasteiger partial charge on any atom is -0.497 e. The molecule has 5 rings (SSSR count). The third-order valence-electron chi connectivity index (χ3n) is 6.54. The number of nitrogens with one attached hydrogen (secondary N) is 1. The quantitative estimate of drug-likeness (QED) is 0.562. The molecule has 3 aromatic rings. The van der Waals surface area contributed by atoms with Gasteiger partial charge in [-0.2, -0.15) is 0 Å². The maximum Gasteiger partial charge on any atom is 0.170 e. The predicted molar refractivity (Wildman–Crippen MR) is 126 cm³/mol. The summed E-state index contributed by atoms with van der Waals surface area (Å²) in [6.07, 6.45) is 10.2. The van der Waals surface area contributed by atoms with Crippen LogP contribution in [0.2, 0.25) is 0 Å². The van der Waals surface area contributed by atoms with E-state index in [0.717, 1.165) is 22.2 Å².